The van der Waals surface area contributed by atoms with Gasteiger partial charge in [-0.05, 0) is 37.0 Å². The average Bonchev–Trinajstić information content (AvgIpc) is 3.37. The minimum absolute atomic E-state index is 0.0573. The van der Waals surface area contributed by atoms with E-state index >= 15 is 0 Å². The standard InChI is InChI=1S/C19H23N3O5/c23-17(20-13-3-1-2-4-13)8-6-14-18(24)22(19(25)21-14)10-12-5-7-15-16(9-12)27-11-26-15/h5,7,9,13-14H,1-4,6,8,10-11H2,(H,20,23)(H,21,25)/t14-/m1/s1. The Balaban J connectivity index is 1.31. The molecule has 4 rings (SSSR count). The van der Waals surface area contributed by atoms with Crippen LogP contribution in [0.5, 0.6) is 11.5 Å². The van der Waals surface area contributed by atoms with Crippen LogP contribution in [0.15, 0.2) is 18.2 Å². The van der Waals surface area contributed by atoms with Crippen molar-refractivity contribution in [1.29, 1.82) is 0 Å². The molecule has 0 bridgehead atoms. The lowest BCUT2D eigenvalue weighted by Gasteiger charge is -2.14. The molecule has 8 nitrogen and oxygen atoms in total. The van der Waals surface area contributed by atoms with Gasteiger partial charge in [-0.1, -0.05) is 18.9 Å². The number of nitrogens with zero attached hydrogens (tertiary/aromatic N) is 1. The van der Waals surface area contributed by atoms with Gasteiger partial charge in [0.1, 0.15) is 6.04 Å². The number of rotatable bonds is 6. The zero-order chi connectivity index (χ0) is 18.8. The summed E-state index contributed by atoms with van der Waals surface area (Å²) < 4.78 is 10.6. The van der Waals surface area contributed by atoms with Gasteiger partial charge in [0.2, 0.25) is 12.7 Å². The van der Waals surface area contributed by atoms with E-state index in [-0.39, 0.29) is 37.6 Å². The van der Waals surface area contributed by atoms with Crippen LogP contribution in [0.4, 0.5) is 4.79 Å². The largest absolute Gasteiger partial charge is 0.454 e. The van der Waals surface area contributed by atoms with Gasteiger partial charge in [-0.3, -0.25) is 14.5 Å². The smallest absolute Gasteiger partial charge is 0.325 e. The molecule has 0 unspecified atom stereocenters. The van der Waals surface area contributed by atoms with Crippen molar-refractivity contribution in [2.75, 3.05) is 6.79 Å². The second-order valence-electron chi connectivity index (χ2n) is 7.20. The summed E-state index contributed by atoms with van der Waals surface area (Å²) in [6, 6.07) is 4.51. The first-order chi connectivity index (χ1) is 13.1. The highest BCUT2D eigenvalue weighted by Gasteiger charge is 2.38. The molecule has 1 atom stereocenters. The second kappa shape index (κ2) is 7.46. The normalized spacial score (nSPS) is 21.6. The Labute approximate surface area is 157 Å². The molecule has 0 spiro atoms. The van der Waals surface area contributed by atoms with Gasteiger partial charge in [0, 0.05) is 12.5 Å². The first kappa shape index (κ1) is 17.6. The van der Waals surface area contributed by atoms with Crippen LogP contribution in [-0.2, 0) is 16.1 Å². The molecule has 27 heavy (non-hydrogen) atoms. The number of benzene rings is 1. The van der Waals surface area contributed by atoms with Crippen LogP contribution >= 0.6 is 0 Å². The fourth-order valence-electron chi connectivity index (χ4n) is 3.79. The predicted octanol–water partition coefficient (Wildman–Crippen LogP) is 1.67. The van der Waals surface area contributed by atoms with Gasteiger partial charge in [-0.15, -0.1) is 0 Å². The second-order valence-corrected chi connectivity index (χ2v) is 7.20. The monoisotopic (exact) mass is 373 g/mol. The Kier molecular flexibility index (Phi) is 4.87. The van der Waals surface area contributed by atoms with Crippen molar-refractivity contribution in [3.63, 3.8) is 0 Å². The maximum Gasteiger partial charge on any atom is 0.325 e. The van der Waals surface area contributed by atoms with Crippen LogP contribution in [0.3, 0.4) is 0 Å². The molecule has 0 aromatic heterocycles. The number of hydrogen-bond donors (Lipinski definition) is 2. The molecular formula is C19H23N3O5. The van der Waals surface area contributed by atoms with Crippen molar-refractivity contribution in [1.82, 2.24) is 15.5 Å². The van der Waals surface area contributed by atoms with Crippen LogP contribution in [0.2, 0.25) is 0 Å². The van der Waals surface area contributed by atoms with E-state index in [1.54, 1.807) is 18.2 Å². The highest BCUT2D eigenvalue weighted by Crippen LogP contribution is 2.33. The van der Waals surface area contributed by atoms with E-state index in [1.165, 1.54) is 4.90 Å². The molecule has 1 aliphatic carbocycles. The summed E-state index contributed by atoms with van der Waals surface area (Å²) in [6.45, 7) is 0.332. The van der Waals surface area contributed by atoms with E-state index in [1.807, 2.05) is 0 Å². The summed E-state index contributed by atoms with van der Waals surface area (Å²) in [5, 5.41) is 5.68. The van der Waals surface area contributed by atoms with E-state index in [4.69, 9.17) is 9.47 Å². The number of hydrogen-bond acceptors (Lipinski definition) is 5. The van der Waals surface area contributed by atoms with Crippen LogP contribution in [0, 0.1) is 0 Å². The van der Waals surface area contributed by atoms with E-state index in [0.717, 1.165) is 31.2 Å². The zero-order valence-corrected chi connectivity index (χ0v) is 15.0. The number of carbonyl (C=O) groups is 3. The molecule has 144 valence electrons. The lowest BCUT2D eigenvalue weighted by atomic mass is 10.1. The molecule has 2 heterocycles. The molecule has 3 aliphatic rings. The van der Waals surface area contributed by atoms with Crippen LogP contribution in [-0.4, -0.2) is 41.6 Å². The van der Waals surface area contributed by atoms with Crippen molar-refractivity contribution < 1.29 is 23.9 Å². The van der Waals surface area contributed by atoms with Crippen LogP contribution in [0.25, 0.3) is 0 Å². The highest BCUT2D eigenvalue weighted by atomic mass is 16.7. The number of imide groups is 1. The lowest BCUT2D eigenvalue weighted by Crippen LogP contribution is -2.35. The average molecular weight is 373 g/mol. The van der Waals surface area contributed by atoms with Crippen molar-refractivity contribution in [3.8, 4) is 11.5 Å². The molecule has 1 aromatic rings. The first-order valence-corrected chi connectivity index (χ1v) is 9.40. The minimum atomic E-state index is -0.652. The number of carbonyl (C=O) groups excluding carboxylic acids is 3. The first-order valence-electron chi connectivity index (χ1n) is 9.40. The summed E-state index contributed by atoms with van der Waals surface area (Å²) in [6.07, 6.45) is 4.88. The summed E-state index contributed by atoms with van der Waals surface area (Å²) in [5.41, 5.74) is 0.780. The Hall–Kier alpha value is -2.77. The Morgan fingerprint density at radius 2 is 1.96 bits per heavy atom. The summed E-state index contributed by atoms with van der Waals surface area (Å²) >= 11 is 0. The maximum atomic E-state index is 12.6. The molecule has 8 heteroatoms. The third kappa shape index (κ3) is 3.84. The molecule has 2 fully saturated rings. The van der Waals surface area contributed by atoms with Crippen LogP contribution < -0.4 is 20.1 Å². The maximum absolute atomic E-state index is 12.6. The van der Waals surface area contributed by atoms with Gasteiger partial charge in [0.05, 0.1) is 6.54 Å². The van der Waals surface area contributed by atoms with Gasteiger partial charge < -0.3 is 20.1 Å². The molecular weight excluding hydrogens is 350 g/mol. The third-order valence-corrected chi connectivity index (χ3v) is 5.27. The van der Waals surface area contributed by atoms with Gasteiger partial charge >= 0.3 is 6.03 Å². The Morgan fingerprint density at radius 1 is 1.19 bits per heavy atom. The minimum Gasteiger partial charge on any atom is -0.454 e. The summed E-state index contributed by atoms with van der Waals surface area (Å²) in [5.74, 6) is 0.909. The SMILES string of the molecule is O=C(CC[C@H]1NC(=O)N(Cc2ccc3c(c2)OCO3)C1=O)NC1CCCC1. The van der Waals surface area contributed by atoms with Gasteiger partial charge in [-0.25, -0.2) is 4.79 Å². The van der Waals surface area contributed by atoms with Gasteiger partial charge in [0.25, 0.3) is 5.91 Å². The molecule has 1 aromatic carbocycles. The van der Waals surface area contributed by atoms with E-state index in [0.29, 0.717) is 17.9 Å². The molecule has 1 saturated heterocycles. The molecule has 2 N–H and O–H groups in total. The van der Waals surface area contributed by atoms with Crippen molar-refractivity contribution in [2.45, 2.75) is 57.2 Å². The number of ether oxygens (including phenoxy) is 2. The molecule has 4 amide bonds. The third-order valence-electron chi connectivity index (χ3n) is 5.27. The Morgan fingerprint density at radius 3 is 2.78 bits per heavy atom. The van der Waals surface area contributed by atoms with E-state index in [9.17, 15) is 14.4 Å². The fraction of sp³-hybridized carbons (Fsp3) is 0.526. The Bertz CT molecular complexity index is 760. The number of urea groups is 1. The zero-order valence-electron chi connectivity index (χ0n) is 15.0. The number of nitrogens with one attached hydrogen (secondary N) is 2. The fourth-order valence-corrected chi connectivity index (χ4v) is 3.79. The number of amides is 4. The van der Waals surface area contributed by atoms with Crippen molar-refractivity contribution >= 4 is 17.8 Å². The van der Waals surface area contributed by atoms with Gasteiger partial charge in [-0.2, -0.15) is 0 Å². The van der Waals surface area contributed by atoms with Crippen LogP contribution in [0.1, 0.15) is 44.1 Å². The molecule has 1 saturated carbocycles. The van der Waals surface area contributed by atoms with Crippen molar-refractivity contribution in [2.24, 2.45) is 0 Å². The van der Waals surface area contributed by atoms with Crippen molar-refractivity contribution in [3.05, 3.63) is 23.8 Å². The molecule has 2 aliphatic heterocycles. The predicted molar refractivity (Wildman–Crippen MR) is 95.1 cm³/mol. The highest BCUT2D eigenvalue weighted by molar-refractivity contribution is 6.04. The molecule has 0 radical (unpaired) electrons. The topological polar surface area (TPSA) is 97.0 Å². The lowest BCUT2D eigenvalue weighted by molar-refractivity contribution is -0.128. The summed E-state index contributed by atoms with van der Waals surface area (Å²) in [4.78, 5) is 38.0. The van der Waals surface area contributed by atoms with E-state index in [2.05, 4.69) is 10.6 Å². The van der Waals surface area contributed by atoms with E-state index < -0.39 is 12.1 Å². The van der Waals surface area contributed by atoms with Gasteiger partial charge in [0.15, 0.2) is 11.5 Å². The summed E-state index contributed by atoms with van der Waals surface area (Å²) in [7, 11) is 0. The number of fused-ring (bicyclic) bond motifs is 1. The quantitative estimate of drug-likeness (QED) is 0.740.